The van der Waals surface area contributed by atoms with Gasteiger partial charge in [-0.1, -0.05) is 12.1 Å². The van der Waals surface area contributed by atoms with Crippen molar-refractivity contribution in [2.45, 2.75) is 6.54 Å². The van der Waals surface area contributed by atoms with Gasteiger partial charge in [0, 0.05) is 19.2 Å². The number of rotatable bonds is 5. The molecule has 0 fully saturated rings. The van der Waals surface area contributed by atoms with Crippen LogP contribution in [-0.2, 0) is 16.6 Å². The zero-order valence-electron chi connectivity index (χ0n) is 12.8. The first-order valence-corrected chi connectivity index (χ1v) is 8.69. The fourth-order valence-electron chi connectivity index (χ4n) is 1.95. The summed E-state index contributed by atoms with van der Waals surface area (Å²) in [6.07, 6.45) is 1.10. The molecule has 0 aliphatic carbocycles. The lowest BCUT2D eigenvalue weighted by atomic mass is 10.1. The van der Waals surface area contributed by atoms with Crippen molar-refractivity contribution < 1.29 is 17.6 Å². The number of halogens is 1. The summed E-state index contributed by atoms with van der Waals surface area (Å²) in [6, 6.07) is 12.2. The lowest BCUT2D eigenvalue weighted by Gasteiger charge is -2.16. The molecule has 122 valence electrons. The van der Waals surface area contributed by atoms with Crippen molar-refractivity contribution >= 4 is 21.6 Å². The topological polar surface area (TPSA) is 66.5 Å². The highest BCUT2D eigenvalue weighted by Crippen LogP contribution is 2.16. The summed E-state index contributed by atoms with van der Waals surface area (Å²) in [4.78, 5) is 12.0. The maximum absolute atomic E-state index is 13.1. The lowest BCUT2D eigenvalue weighted by molar-refractivity contribution is 0.0951. The Balaban J connectivity index is 2.03. The largest absolute Gasteiger partial charge is 0.348 e. The van der Waals surface area contributed by atoms with Crippen molar-refractivity contribution in [3.63, 3.8) is 0 Å². The van der Waals surface area contributed by atoms with Gasteiger partial charge in [-0.25, -0.2) is 12.8 Å². The molecule has 2 rings (SSSR count). The highest BCUT2D eigenvalue weighted by Gasteiger charge is 2.12. The molecule has 0 aromatic heterocycles. The lowest BCUT2D eigenvalue weighted by Crippen LogP contribution is -2.25. The zero-order chi connectivity index (χ0) is 17.0. The number of amides is 1. The second-order valence-corrected chi connectivity index (χ2v) is 7.10. The highest BCUT2D eigenvalue weighted by atomic mass is 32.2. The number of hydrogen-bond donors (Lipinski definition) is 1. The van der Waals surface area contributed by atoms with Crippen molar-refractivity contribution in [1.29, 1.82) is 0 Å². The molecule has 0 heterocycles. The minimum absolute atomic E-state index is 0.210. The molecule has 0 radical (unpaired) electrons. The normalized spacial score (nSPS) is 11.1. The molecule has 0 aliphatic rings. The Hall–Kier alpha value is -2.41. The maximum atomic E-state index is 13.1. The summed E-state index contributed by atoms with van der Waals surface area (Å²) >= 11 is 0. The molecular weight excluding hydrogens is 319 g/mol. The third-order valence-electron chi connectivity index (χ3n) is 3.33. The summed E-state index contributed by atoms with van der Waals surface area (Å²) in [5.74, 6) is -0.673. The van der Waals surface area contributed by atoms with E-state index in [1.807, 2.05) is 0 Å². The standard InChI is InChI=1S/C16H17FN2O3S/c1-19(23(2,21)22)15-8-6-13(7-9-15)16(20)18-11-12-4-3-5-14(17)10-12/h3-10H,11H2,1-2H3,(H,18,20). The Morgan fingerprint density at radius 3 is 2.39 bits per heavy atom. The Bertz CT molecular complexity index is 804. The van der Waals surface area contributed by atoms with Crippen LogP contribution in [0.15, 0.2) is 48.5 Å². The van der Waals surface area contributed by atoms with Gasteiger partial charge in [0.15, 0.2) is 0 Å². The summed E-state index contributed by atoms with van der Waals surface area (Å²) in [7, 11) is -1.90. The first-order chi connectivity index (χ1) is 10.8. The van der Waals surface area contributed by atoms with E-state index in [1.165, 1.54) is 31.3 Å². The SMILES string of the molecule is CN(c1ccc(C(=O)NCc2cccc(F)c2)cc1)S(C)(=O)=O. The Labute approximate surface area is 134 Å². The fraction of sp³-hybridized carbons (Fsp3) is 0.188. The van der Waals surface area contributed by atoms with E-state index in [0.717, 1.165) is 10.6 Å². The van der Waals surface area contributed by atoms with E-state index in [1.54, 1.807) is 24.3 Å². The molecule has 1 amide bonds. The van der Waals surface area contributed by atoms with Crippen molar-refractivity contribution in [1.82, 2.24) is 5.32 Å². The minimum atomic E-state index is -3.34. The van der Waals surface area contributed by atoms with E-state index in [9.17, 15) is 17.6 Å². The number of hydrogen-bond acceptors (Lipinski definition) is 3. The van der Waals surface area contributed by atoms with E-state index in [0.29, 0.717) is 16.8 Å². The number of nitrogens with zero attached hydrogens (tertiary/aromatic N) is 1. The van der Waals surface area contributed by atoms with Crippen molar-refractivity contribution in [2.75, 3.05) is 17.6 Å². The second-order valence-electron chi connectivity index (χ2n) is 5.09. The van der Waals surface area contributed by atoms with Gasteiger partial charge < -0.3 is 5.32 Å². The fourth-order valence-corrected chi connectivity index (χ4v) is 2.45. The van der Waals surface area contributed by atoms with Crippen molar-refractivity contribution in [2.24, 2.45) is 0 Å². The number of anilines is 1. The van der Waals surface area contributed by atoms with Crippen LogP contribution in [0.2, 0.25) is 0 Å². The summed E-state index contributed by atoms with van der Waals surface area (Å²) in [5.41, 5.74) is 1.52. The van der Waals surface area contributed by atoms with Gasteiger partial charge in [0.1, 0.15) is 5.82 Å². The van der Waals surface area contributed by atoms with Crippen LogP contribution >= 0.6 is 0 Å². The van der Waals surface area contributed by atoms with E-state index in [4.69, 9.17) is 0 Å². The third kappa shape index (κ3) is 4.53. The molecule has 1 N–H and O–H groups in total. The van der Waals surface area contributed by atoms with Crippen LogP contribution < -0.4 is 9.62 Å². The predicted octanol–water partition coefficient (Wildman–Crippen LogP) is 2.15. The molecular formula is C16H17FN2O3S. The number of benzene rings is 2. The van der Waals surface area contributed by atoms with Crippen LogP contribution in [0, 0.1) is 5.82 Å². The average molecular weight is 336 g/mol. The highest BCUT2D eigenvalue weighted by molar-refractivity contribution is 7.92. The van der Waals surface area contributed by atoms with Crippen molar-refractivity contribution in [3.05, 3.63) is 65.5 Å². The number of nitrogens with one attached hydrogen (secondary N) is 1. The monoisotopic (exact) mass is 336 g/mol. The quantitative estimate of drug-likeness (QED) is 0.910. The molecule has 5 nitrogen and oxygen atoms in total. The van der Waals surface area contributed by atoms with Crippen LogP contribution in [-0.4, -0.2) is 27.6 Å². The van der Waals surface area contributed by atoms with Crippen LogP contribution in [0.4, 0.5) is 10.1 Å². The smallest absolute Gasteiger partial charge is 0.251 e. The Morgan fingerprint density at radius 1 is 1.17 bits per heavy atom. The molecule has 2 aromatic carbocycles. The number of carbonyl (C=O) groups excluding carboxylic acids is 1. The van der Waals surface area contributed by atoms with Gasteiger partial charge in [-0.2, -0.15) is 0 Å². The number of sulfonamides is 1. The van der Waals surface area contributed by atoms with Gasteiger partial charge in [0.2, 0.25) is 10.0 Å². The van der Waals surface area contributed by atoms with Crippen LogP contribution in [0.1, 0.15) is 15.9 Å². The average Bonchev–Trinajstić information content (AvgIpc) is 2.51. The van der Waals surface area contributed by atoms with E-state index < -0.39 is 10.0 Å². The minimum Gasteiger partial charge on any atom is -0.348 e. The Morgan fingerprint density at radius 2 is 1.83 bits per heavy atom. The van der Waals surface area contributed by atoms with Crippen LogP contribution in [0.25, 0.3) is 0 Å². The molecule has 0 saturated heterocycles. The summed E-state index contributed by atoms with van der Waals surface area (Å²) in [5, 5.41) is 2.68. The van der Waals surface area contributed by atoms with E-state index >= 15 is 0 Å². The molecule has 0 atom stereocenters. The molecule has 0 saturated carbocycles. The van der Waals surface area contributed by atoms with Gasteiger partial charge in [-0.15, -0.1) is 0 Å². The van der Waals surface area contributed by atoms with Crippen LogP contribution in [0.3, 0.4) is 0 Å². The molecule has 0 unspecified atom stereocenters. The molecule has 0 aliphatic heterocycles. The van der Waals surface area contributed by atoms with Gasteiger partial charge >= 0.3 is 0 Å². The molecule has 2 aromatic rings. The molecule has 0 bridgehead atoms. The first kappa shape index (κ1) is 17.0. The molecule has 7 heteroatoms. The summed E-state index contributed by atoms with van der Waals surface area (Å²) < 4.78 is 37.1. The van der Waals surface area contributed by atoms with Crippen LogP contribution in [0.5, 0.6) is 0 Å². The molecule has 23 heavy (non-hydrogen) atoms. The Kier molecular flexibility index (Phi) is 5.00. The zero-order valence-corrected chi connectivity index (χ0v) is 13.6. The van der Waals surface area contributed by atoms with Gasteiger partial charge in [-0.3, -0.25) is 9.10 Å². The summed E-state index contributed by atoms with van der Waals surface area (Å²) in [6.45, 7) is 0.210. The molecule has 0 spiro atoms. The van der Waals surface area contributed by atoms with E-state index in [-0.39, 0.29) is 18.3 Å². The number of carbonyl (C=O) groups is 1. The van der Waals surface area contributed by atoms with E-state index in [2.05, 4.69) is 5.32 Å². The first-order valence-electron chi connectivity index (χ1n) is 6.84. The second kappa shape index (κ2) is 6.78. The van der Waals surface area contributed by atoms with Gasteiger partial charge in [-0.05, 0) is 42.0 Å². The predicted molar refractivity (Wildman–Crippen MR) is 87.3 cm³/mol. The van der Waals surface area contributed by atoms with Crippen molar-refractivity contribution in [3.8, 4) is 0 Å². The third-order valence-corrected chi connectivity index (χ3v) is 4.54. The van der Waals surface area contributed by atoms with Gasteiger partial charge in [0.05, 0.1) is 11.9 Å². The van der Waals surface area contributed by atoms with Gasteiger partial charge in [0.25, 0.3) is 5.91 Å². The maximum Gasteiger partial charge on any atom is 0.251 e.